The average molecular weight is 328 g/mol. The first kappa shape index (κ1) is 17.0. The summed E-state index contributed by atoms with van der Waals surface area (Å²) >= 11 is 0. The minimum atomic E-state index is -0.317. The molecule has 1 aromatic carbocycles. The summed E-state index contributed by atoms with van der Waals surface area (Å²) in [6.07, 6.45) is 6.06. The number of aryl methyl sites for hydroxylation is 1. The summed E-state index contributed by atoms with van der Waals surface area (Å²) < 4.78 is 0. The highest BCUT2D eigenvalue weighted by Crippen LogP contribution is 2.28. The average Bonchev–Trinajstić information content (AvgIpc) is 3.20. The van der Waals surface area contributed by atoms with Crippen molar-refractivity contribution in [2.24, 2.45) is 5.92 Å². The fourth-order valence-electron chi connectivity index (χ4n) is 3.99. The number of nitrogens with one attached hydrogen (secondary N) is 1. The molecule has 0 radical (unpaired) electrons. The summed E-state index contributed by atoms with van der Waals surface area (Å²) in [5, 5.41) is 3.18. The van der Waals surface area contributed by atoms with E-state index in [2.05, 4.69) is 12.2 Å². The van der Waals surface area contributed by atoms with Crippen molar-refractivity contribution in [1.82, 2.24) is 10.2 Å². The van der Waals surface area contributed by atoms with Gasteiger partial charge in [-0.2, -0.15) is 0 Å². The molecule has 2 amide bonds. The van der Waals surface area contributed by atoms with Crippen LogP contribution in [0.1, 0.15) is 56.6 Å². The molecule has 24 heavy (non-hydrogen) atoms. The summed E-state index contributed by atoms with van der Waals surface area (Å²) in [7, 11) is 0. The molecule has 1 N–H and O–H groups in total. The Labute approximate surface area is 144 Å². The van der Waals surface area contributed by atoms with Crippen LogP contribution in [-0.4, -0.2) is 28.8 Å². The minimum absolute atomic E-state index is 0.0207. The van der Waals surface area contributed by atoms with Gasteiger partial charge in [-0.05, 0) is 44.6 Å². The lowest BCUT2D eigenvalue weighted by molar-refractivity contribution is -0.136. The topological polar surface area (TPSA) is 49.4 Å². The first-order chi connectivity index (χ1) is 11.5. The van der Waals surface area contributed by atoms with Gasteiger partial charge in [0.2, 0.25) is 11.8 Å². The first-order valence-electron chi connectivity index (χ1n) is 9.20. The first-order valence-corrected chi connectivity index (χ1v) is 9.20. The SMILES string of the molecule is Cc1ccc(CN2C(=O)CCC2C(=O)NC(C)C2CCCC2)cc1. The molecule has 1 aromatic rings. The Morgan fingerprint density at radius 1 is 1.21 bits per heavy atom. The van der Waals surface area contributed by atoms with Gasteiger partial charge in [0.15, 0.2) is 0 Å². The molecule has 4 nitrogen and oxygen atoms in total. The molecule has 130 valence electrons. The van der Waals surface area contributed by atoms with E-state index < -0.39 is 0 Å². The summed E-state index contributed by atoms with van der Waals surface area (Å²) in [5.41, 5.74) is 2.28. The number of hydrogen-bond donors (Lipinski definition) is 1. The number of rotatable bonds is 5. The lowest BCUT2D eigenvalue weighted by Crippen LogP contribution is -2.48. The molecular weight excluding hydrogens is 300 g/mol. The lowest BCUT2D eigenvalue weighted by atomic mass is 9.99. The third-order valence-electron chi connectivity index (χ3n) is 5.58. The van der Waals surface area contributed by atoms with Gasteiger partial charge in [0.1, 0.15) is 6.04 Å². The van der Waals surface area contributed by atoms with Gasteiger partial charge in [-0.15, -0.1) is 0 Å². The molecule has 1 aliphatic heterocycles. The maximum atomic E-state index is 12.7. The predicted octanol–water partition coefficient (Wildman–Crippen LogP) is 3.18. The second kappa shape index (κ2) is 7.37. The standard InChI is InChI=1S/C20H28N2O2/c1-14-7-9-16(10-8-14)13-22-18(11-12-19(22)23)20(24)21-15(2)17-5-3-4-6-17/h7-10,15,17-18H,3-6,11-13H2,1-2H3,(H,21,24). The van der Waals surface area contributed by atoms with Crippen LogP contribution in [0.4, 0.5) is 0 Å². The Balaban J connectivity index is 1.63. The molecule has 0 spiro atoms. The Kier molecular flexibility index (Phi) is 5.22. The van der Waals surface area contributed by atoms with Crippen LogP contribution >= 0.6 is 0 Å². The van der Waals surface area contributed by atoms with Crippen molar-refractivity contribution in [2.75, 3.05) is 0 Å². The zero-order chi connectivity index (χ0) is 17.1. The van der Waals surface area contributed by atoms with Crippen LogP contribution in [0.3, 0.4) is 0 Å². The summed E-state index contributed by atoms with van der Waals surface area (Å²) in [6, 6.07) is 8.06. The molecule has 1 heterocycles. The van der Waals surface area contributed by atoms with E-state index in [1.54, 1.807) is 4.90 Å². The smallest absolute Gasteiger partial charge is 0.243 e. The number of amides is 2. The third-order valence-corrected chi connectivity index (χ3v) is 5.58. The van der Waals surface area contributed by atoms with E-state index in [9.17, 15) is 9.59 Å². The summed E-state index contributed by atoms with van der Waals surface area (Å²) in [6.45, 7) is 4.68. The number of carbonyl (C=O) groups excluding carboxylic acids is 2. The van der Waals surface area contributed by atoms with Crippen LogP contribution in [0.5, 0.6) is 0 Å². The summed E-state index contributed by atoms with van der Waals surface area (Å²) in [5.74, 6) is 0.702. The Hall–Kier alpha value is -1.84. The maximum Gasteiger partial charge on any atom is 0.243 e. The van der Waals surface area contributed by atoms with Gasteiger partial charge in [-0.1, -0.05) is 42.7 Å². The van der Waals surface area contributed by atoms with Crippen molar-refractivity contribution in [2.45, 2.75) is 71.0 Å². The third kappa shape index (κ3) is 3.80. The lowest BCUT2D eigenvalue weighted by Gasteiger charge is -2.27. The highest BCUT2D eigenvalue weighted by molar-refractivity contribution is 5.91. The Bertz CT molecular complexity index is 590. The maximum absolute atomic E-state index is 12.7. The normalized spacial score (nSPS) is 22.8. The van der Waals surface area contributed by atoms with E-state index in [4.69, 9.17) is 0 Å². The molecule has 2 aliphatic rings. The molecule has 0 bridgehead atoms. The fraction of sp³-hybridized carbons (Fsp3) is 0.600. The highest BCUT2D eigenvalue weighted by atomic mass is 16.2. The second-order valence-electron chi connectivity index (χ2n) is 7.40. The van der Waals surface area contributed by atoms with Gasteiger partial charge >= 0.3 is 0 Å². The predicted molar refractivity (Wildman–Crippen MR) is 94.3 cm³/mol. The van der Waals surface area contributed by atoms with E-state index in [1.165, 1.54) is 31.2 Å². The minimum Gasteiger partial charge on any atom is -0.352 e. The van der Waals surface area contributed by atoms with Crippen LogP contribution in [0.2, 0.25) is 0 Å². The van der Waals surface area contributed by atoms with Crippen LogP contribution in [0.25, 0.3) is 0 Å². The van der Waals surface area contributed by atoms with Crippen molar-refractivity contribution in [1.29, 1.82) is 0 Å². The molecule has 1 saturated carbocycles. The summed E-state index contributed by atoms with van der Waals surface area (Å²) in [4.78, 5) is 26.7. The number of nitrogens with zero attached hydrogens (tertiary/aromatic N) is 1. The van der Waals surface area contributed by atoms with Crippen molar-refractivity contribution < 1.29 is 9.59 Å². The zero-order valence-electron chi connectivity index (χ0n) is 14.8. The van der Waals surface area contributed by atoms with E-state index in [0.717, 1.165) is 5.56 Å². The quantitative estimate of drug-likeness (QED) is 0.902. The van der Waals surface area contributed by atoms with Gasteiger partial charge in [0, 0.05) is 19.0 Å². The van der Waals surface area contributed by atoms with E-state index in [0.29, 0.717) is 25.3 Å². The molecule has 2 atom stereocenters. The van der Waals surface area contributed by atoms with Crippen molar-refractivity contribution >= 4 is 11.8 Å². The van der Waals surface area contributed by atoms with E-state index in [1.807, 2.05) is 31.2 Å². The van der Waals surface area contributed by atoms with Gasteiger partial charge < -0.3 is 10.2 Å². The van der Waals surface area contributed by atoms with Gasteiger partial charge in [-0.3, -0.25) is 9.59 Å². The molecule has 2 fully saturated rings. The number of carbonyl (C=O) groups is 2. The van der Waals surface area contributed by atoms with Crippen LogP contribution in [-0.2, 0) is 16.1 Å². The van der Waals surface area contributed by atoms with Crippen LogP contribution in [0, 0.1) is 12.8 Å². The van der Waals surface area contributed by atoms with Gasteiger partial charge in [0.05, 0.1) is 0 Å². The molecule has 4 heteroatoms. The highest BCUT2D eigenvalue weighted by Gasteiger charge is 2.37. The van der Waals surface area contributed by atoms with E-state index >= 15 is 0 Å². The van der Waals surface area contributed by atoms with Crippen LogP contribution in [0.15, 0.2) is 24.3 Å². The molecule has 1 saturated heterocycles. The molecule has 3 rings (SSSR count). The largest absolute Gasteiger partial charge is 0.352 e. The van der Waals surface area contributed by atoms with Gasteiger partial charge in [0.25, 0.3) is 0 Å². The zero-order valence-corrected chi connectivity index (χ0v) is 14.8. The van der Waals surface area contributed by atoms with Crippen molar-refractivity contribution in [3.05, 3.63) is 35.4 Å². The van der Waals surface area contributed by atoms with Crippen molar-refractivity contribution in [3.63, 3.8) is 0 Å². The molecular formula is C20H28N2O2. The second-order valence-corrected chi connectivity index (χ2v) is 7.40. The Morgan fingerprint density at radius 2 is 1.88 bits per heavy atom. The number of likely N-dealkylation sites (tertiary alicyclic amines) is 1. The van der Waals surface area contributed by atoms with Crippen molar-refractivity contribution in [3.8, 4) is 0 Å². The fourth-order valence-corrected chi connectivity index (χ4v) is 3.99. The van der Waals surface area contributed by atoms with Gasteiger partial charge in [-0.25, -0.2) is 0 Å². The molecule has 2 unspecified atom stereocenters. The molecule has 1 aliphatic carbocycles. The van der Waals surface area contributed by atoms with Crippen LogP contribution < -0.4 is 5.32 Å². The van der Waals surface area contributed by atoms with E-state index in [-0.39, 0.29) is 23.9 Å². The Morgan fingerprint density at radius 3 is 2.54 bits per heavy atom. The molecule has 0 aromatic heterocycles. The monoisotopic (exact) mass is 328 g/mol. The number of hydrogen-bond acceptors (Lipinski definition) is 2. The number of benzene rings is 1.